The zero-order valence-corrected chi connectivity index (χ0v) is 17.1. The minimum absolute atomic E-state index is 0. The van der Waals surface area contributed by atoms with Crippen molar-refractivity contribution in [2.24, 2.45) is 0 Å². The normalized spacial score (nSPS) is 11.9. The summed E-state index contributed by atoms with van der Waals surface area (Å²) in [6.45, 7) is 8.60. The average molecular weight is 544 g/mol. The van der Waals surface area contributed by atoms with Crippen molar-refractivity contribution in [2.75, 3.05) is 13.7 Å². The number of hydrogen-bond donors (Lipinski definition) is 0. The van der Waals surface area contributed by atoms with E-state index in [9.17, 15) is 4.79 Å². The van der Waals surface area contributed by atoms with E-state index in [1.807, 2.05) is 13.8 Å². The first-order valence-electron chi connectivity index (χ1n) is 6.98. The molecule has 0 saturated heterocycles. The summed E-state index contributed by atoms with van der Waals surface area (Å²) in [6, 6.07) is 11.0. The average Bonchev–Trinajstić information content (AvgIpc) is 2.44. The first-order chi connectivity index (χ1) is 9.28. The molecule has 122 valence electrons. The van der Waals surface area contributed by atoms with E-state index in [1.54, 1.807) is 31.4 Å². The van der Waals surface area contributed by atoms with E-state index in [0.29, 0.717) is 12.2 Å². The topological polar surface area (TPSA) is 35.5 Å². The van der Waals surface area contributed by atoms with Crippen molar-refractivity contribution >= 4 is 14.1 Å². The fourth-order valence-electron chi connectivity index (χ4n) is 1.88. The van der Waals surface area contributed by atoms with Crippen LogP contribution in [-0.2, 0) is 9.16 Å². The third-order valence-corrected chi connectivity index (χ3v) is 6.13. The zero-order chi connectivity index (χ0) is 15.2. The van der Waals surface area contributed by atoms with Crippen LogP contribution in [0.15, 0.2) is 24.3 Å². The Labute approximate surface area is 123 Å². The van der Waals surface area contributed by atoms with E-state index in [4.69, 9.17) is 9.16 Å². The number of rotatable bonds is 8. The fraction of sp³-hybridized carbons (Fsp3) is 0.562. The van der Waals surface area contributed by atoms with Gasteiger partial charge in [0.15, 0.2) is 14.1 Å². The Morgan fingerprint density at radius 2 is 1.86 bits per heavy atom. The smallest absolute Gasteiger partial charge is 0.186 e. The summed E-state index contributed by atoms with van der Waals surface area (Å²) in [6.07, 6.45) is 0.923. The van der Waals surface area contributed by atoms with E-state index in [0.717, 1.165) is 12.5 Å². The van der Waals surface area contributed by atoms with Crippen LogP contribution < -0.4 is 0 Å². The van der Waals surface area contributed by atoms with Gasteiger partial charge in [-0.05, 0) is 39.4 Å². The van der Waals surface area contributed by atoms with Gasteiger partial charge in [-0.1, -0.05) is 5.56 Å². The second-order valence-corrected chi connectivity index (χ2v) is 10.5. The summed E-state index contributed by atoms with van der Waals surface area (Å²) in [4.78, 5) is 12.4. The fourth-order valence-corrected chi connectivity index (χ4v) is 3.08. The summed E-state index contributed by atoms with van der Waals surface area (Å²) < 4.78 is 11.3. The zero-order valence-electron chi connectivity index (χ0n) is 13.5. The van der Waals surface area contributed by atoms with Crippen LogP contribution in [-0.4, -0.2) is 33.4 Å². The van der Waals surface area contributed by atoms with Crippen molar-refractivity contribution < 1.29 is 14.0 Å². The maximum absolute atomic E-state index is 12.4. The quantitative estimate of drug-likeness (QED) is 0.217. The second kappa shape index (κ2) is 7.72. The minimum atomic E-state index is -1.53. The van der Waals surface area contributed by atoms with Crippen LogP contribution in [0.1, 0.15) is 30.6 Å². The van der Waals surface area contributed by atoms with Gasteiger partial charge in [-0.2, -0.15) is 30.3 Å². The van der Waals surface area contributed by atoms with Crippen molar-refractivity contribution in [2.45, 2.75) is 45.0 Å². The van der Waals surface area contributed by atoms with Crippen LogP contribution >= 0.6 is 0 Å². The maximum atomic E-state index is 12.4. The SMILES string of the molecule is CO[Si](C)(C)CCCOC(C)(C)C(=O)c1cc[c-]cc1.[Cf]. The molecule has 1 aromatic rings. The molecule has 0 aliphatic carbocycles. The van der Waals surface area contributed by atoms with Crippen LogP contribution in [0.5, 0.6) is 0 Å². The Hall–Kier alpha value is -1.97. The molecular formula is C16H25CfO3Si-. The predicted octanol–water partition coefficient (Wildman–Crippen LogP) is 3.71. The van der Waals surface area contributed by atoms with E-state index in [2.05, 4.69) is 19.2 Å². The van der Waals surface area contributed by atoms with Gasteiger partial charge in [0.2, 0.25) is 0 Å². The molecule has 0 bridgehead atoms. The Morgan fingerprint density at radius 1 is 1.29 bits per heavy atom. The molecule has 1 aromatic carbocycles. The van der Waals surface area contributed by atoms with Crippen LogP contribution in [0.2, 0.25) is 19.1 Å². The van der Waals surface area contributed by atoms with Crippen molar-refractivity contribution in [1.82, 2.24) is 0 Å². The molecule has 5 heteroatoms. The van der Waals surface area contributed by atoms with Gasteiger partial charge in [0.05, 0.1) is 0 Å². The third-order valence-electron chi connectivity index (χ3n) is 3.47. The number of hydrogen-bond acceptors (Lipinski definition) is 3. The number of Topliss-reactive ketones (excluding diaryl/α,β-unsaturated/α-hetero) is 1. The molecular weight excluding hydrogens is 519 g/mol. The van der Waals surface area contributed by atoms with Crippen LogP contribution in [0.25, 0.3) is 0 Å². The van der Waals surface area contributed by atoms with Crippen LogP contribution in [0.4, 0.5) is 0 Å². The molecule has 0 N–H and O–H groups in total. The van der Waals surface area contributed by atoms with Gasteiger partial charge in [0, 0.05) is 13.7 Å². The molecule has 0 aromatic heterocycles. The van der Waals surface area contributed by atoms with Gasteiger partial charge in [-0.15, -0.1) is 0 Å². The van der Waals surface area contributed by atoms with E-state index >= 15 is 0 Å². The van der Waals surface area contributed by atoms with Crippen molar-refractivity contribution in [3.8, 4) is 0 Å². The largest absolute Gasteiger partial charge is 0.420 e. The van der Waals surface area contributed by atoms with Gasteiger partial charge in [0.25, 0.3) is 0 Å². The summed E-state index contributed by atoms with van der Waals surface area (Å²) >= 11 is 0. The van der Waals surface area contributed by atoms with E-state index in [1.165, 1.54) is 0 Å². The van der Waals surface area contributed by atoms with Crippen LogP contribution in [0, 0.1) is 6.07 Å². The Kier molecular flexibility index (Phi) is 6.99. The number of ketones is 1. The van der Waals surface area contributed by atoms with Crippen LogP contribution in [0.3, 0.4) is 0 Å². The molecule has 0 heterocycles. The van der Waals surface area contributed by atoms with E-state index < -0.39 is 13.9 Å². The Bertz CT molecular complexity index is 432. The van der Waals surface area contributed by atoms with Gasteiger partial charge in [0.1, 0.15) is 5.60 Å². The molecule has 1 rings (SSSR count). The second-order valence-electron chi connectivity index (χ2n) is 6.04. The Morgan fingerprint density at radius 3 is 2.38 bits per heavy atom. The number of ether oxygens (including phenoxy) is 1. The summed E-state index contributed by atoms with van der Waals surface area (Å²) in [7, 11) is 0.237. The monoisotopic (exact) mass is 542 g/mol. The molecule has 0 aliphatic heterocycles. The molecule has 0 saturated carbocycles. The molecule has 0 amide bonds. The molecule has 0 radical (unpaired) electrons. The van der Waals surface area contributed by atoms with E-state index in [-0.39, 0.29) is 5.78 Å². The maximum Gasteiger partial charge on any atom is 0.186 e. The van der Waals surface area contributed by atoms with Gasteiger partial charge < -0.3 is 9.16 Å². The summed E-state index contributed by atoms with van der Waals surface area (Å²) in [5.41, 5.74) is -0.125. The molecule has 21 heavy (non-hydrogen) atoms. The molecule has 0 aliphatic rings. The number of carbonyl (C=O) groups excluding carboxylic acids is 1. The first kappa shape index (κ1) is 19.0. The summed E-state index contributed by atoms with van der Waals surface area (Å²) in [5, 5.41) is 0. The number of benzene rings is 1. The van der Waals surface area contributed by atoms with Crippen molar-refractivity contribution in [3.05, 3.63) is 35.9 Å². The van der Waals surface area contributed by atoms with Gasteiger partial charge in [-0.25, -0.2) is 0 Å². The Balaban J connectivity index is 0.00000400. The van der Waals surface area contributed by atoms with Crippen molar-refractivity contribution in [1.29, 1.82) is 0 Å². The number of carbonyl (C=O) groups is 1. The van der Waals surface area contributed by atoms with Gasteiger partial charge >= 0.3 is 0 Å². The first-order valence-corrected chi connectivity index (χ1v) is 10.1. The molecule has 0 atom stereocenters. The molecule has 0 unspecified atom stereocenters. The minimum Gasteiger partial charge on any atom is -0.420 e. The molecule has 0 spiro atoms. The van der Waals surface area contributed by atoms with Gasteiger partial charge in [-0.3, -0.25) is 4.79 Å². The molecule has 3 nitrogen and oxygen atoms in total. The van der Waals surface area contributed by atoms with Crippen molar-refractivity contribution in [3.63, 3.8) is 0 Å². The third kappa shape index (κ3) is 5.89. The summed E-state index contributed by atoms with van der Waals surface area (Å²) in [5.74, 6) is 0.00902. The molecule has 0 fully saturated rings. The standard InChI is InChI=1S/C16H25O3Si.Cf/c1-16(2,15(17)14-10-7-6-8-11-14)19-12-9-13-20(4,5)18-3;/h7-8,10-11H,9,12-13H2,1-5H3;/q-1;. The predicted molar refractivity (Wildman–Crippen MR) is 83.6 cm³/mol.